The third-order valence-electron chi connectivity index (χ3n) is 5.72. The number of carbonyl (C=O) groups is 1. The van der Waals surface area contributed by atoms with Gasteiger partial charge in [-0.05, 0) is 50.6 Å². The second-order valence-electron chi connectivity index (χ2n) is 7.78. The zero-order valence-corrected chi connectivity index (χ0v) is 16.3. The number of amides is 1. The Bertz CT molecular complexity index is 653. The molecule has 136 valence electrons. The summed E-state index contributed by atoms with van der Waals surface area (Å²) in [6, 6.07) is 2.85. The Morgan fingerprint density at radius 1 is 1.28 bits per heavy atom. The van der Waals surface area contributed by atoms with E-state index in [0.29, 0.717) is 24.1 Å². The molecule has 5 heteroatoms. The second kappa shape index (κ2) is 8.33. The Balaban J connectivity index is 1.64. The first-order chi connectivity index (χ1) is 12.1. The van der Waals surface area contributed by atoms with Crippen molar-refractivity contribution in [2.75, 3.05) is 18.9 Å². The molecule has 2 aliphatic carbocycles. The highest BCUT2D eigenvalue weighted by atomic mass is 32.1. The largest absolute Gasteiger partial charge is 0.315 e. The standard InChI is InChI=1S/C20H29N3OS/c1-14-9-10-16-17(12-21)20(25-18(16)11-14)22-19(24)13-23(2)15-7-5-3-4-6-8-15/h14-15H,3-11,13H2,1-2H3,(H,22,24). The molecule has 1 atom stereocenters. The average molecular weight is 360 g/mol. The fraction of sp³-hybridized carbons (Fsp3) is 0.700. The van der Waals surface area contributed by atoms with Gasteiger partial charge < -0.3 is 5.32 Å². The monoisotopic (exact) mass is 359 g/mol. The van der Waals surface area contributed by atoms with Crippen LogP contribution in [0.3, 0.4) is 0 Å². The Morgan fingerprint density at radius 2 is 2.00 bits per heavy atom. The molecule has 1 amide bonds. The van der Waals surface area contributed by atoms with Gasteiger partial charge in [-0.25, -0.2) is 0 Å². The molecule has 4 nitrogen and oxygen atoms in total. The van der Waals surface area contributed by atoms with Crippen LogP contribution in [0.15, 0.2) is 0 Å². The minimum Gasteiger partial charge on any atom is -0.315 e. The zero-order valence-electron chi connectivity index (χ0n) is 15.4. The van der Waals surface area contributed by atoms with E-state index in [2.05, 4.69) is 30.3 Å². The number of rotatable bonds is 4. The summed E-state index contributed by atoms with van der Waals surface area (Å²) >= 11 is 1.61. The van der Waals surface area contributed by atoms with E-state index in [0.717, 1.165) is 24.3 Å². The third-order valence-corrected chi connectivity index (χ3v) is 6.89. The third kappa shape index (κ3) is 4.43. The Morgan fingerprint density at radius 3 is 2.68 bits per heavy atom. The zero-order chi connectivity index (χ0) is 17.8. The number of likely N-dealkylation sites (N-methyl/N-ethyl adjacent to an activating group) is 1. The molecule has 0 aliphatic heterocycles. The van der Waals surface area contributed by atoms with Crippen molar-refractivity contribution in [2.45, 2.75) is 70.8 Å². The maximum Gasteiger partial charge on any atom is 0.239 e. The molecule has 0 spiro atoms. The van der Waals surface area contributed by atoms with E-state index in [1.807, 2.05) is 0 Å². The maximum atomic E-state index is 12.5. The molecule has 2 aliphatic rings. The van der Waals surface area contributed by atoms with Crippen molar-refractivity contribution in [3.63, 3.8) is 0 Å². The molecule has 25 heavy (non-hydrogen) atoms. The number of nitrogens with zero attached hydrogens (tertiary/aromatic N) is 2. The maximum absolute atomic E-state index is 12.5. The lowest BCUT2D eigenvalue weighted by Gasteiger charge is -2.26. The smallest absolute Gasteiger partial charge is 0.239 e. The van der Waals surface area contributed by atoms with Gasteiger partial charge in [0.15, 0.2) is 0 Å². The summed E-state index contributed by atoms with van der Waals surface area (Å²) in [6.45, 7) is 2.67. The lowest BCUT2D eigenvalue weighted by atomic mass is 9.89. The van der Waals surface area contributed by atoms with Gasteiger partial charge in [0.25, 0.3) is 0 Å². The normalized spacial score (nSPS) is 21.4. The van der Waals surface area contributed by atoms with Crippen molar-refractivity contribution in [2.24, 2.45) is 5.92 Å². The van der Waals surface area contributed by atoms with Crippen LogP contribution in [0.1, 0.15) is 67.9 Å². The molecule has 1 aromatic heterocycles. The van der Waals surface area contributed by atoms with Crippen molar-refractivity contribution in [1.29, 1.82) is 5.26 Å². The minimum atomic E-state index is 0.00916. The van der Waals surface area contributed by atoms with Crippen LogP contribution in [0.5, 0.6) is 0 Å². The molecule has 1 heterocycles. The van der Waals surface area contributed by atoms with E-state index in [4.69, 9.17) is 0 Å². The first-order valence-corrected chi connectivity index (χ1v) is 10.4. The van der Waals surface area contributed by atoms with Gasteiger partial charge in [0, 0.05) is 10.9 Å². The molecule has 0 radical (unpaired) electrons. The summed E-state index contributed by atoms with van der Waals surface area (Å²) in [6.07, 6.45) is 10.7. The van der Waals surface area contributed by atoms with Crippen LogP contribution in [-0.2, 0) is 17.6 Å². The molecule has 1 saturated carbocycles. The van der Waals surface area contributed by atoms with Crippen LogP contribution >= 0.6 is 11.3 Å². The summed E-state index contributed by atoms with van der Waals surface area (Å²) in [5, 5.41) is 13.4. The molecule has 0 saturated heterocycles. The number of anilines is 1. The average Bonchev–Trinajstić information content (AvgIpc) is 2.75. The lowest BCUT2D eigenvalue weighted by molar-refractivity contribution is -0.117. The number of carbonyl (C=O) groups excluding carboxylic acids is 1. The molecule has 1 fully saturated rings. The van der Waals surface area contributed by atoms with Gasteiger partial charge >= 0.3 is 0 Å². The lowest BCUT2D eigenvalue weighted by Crippen LogP contribution is -2.37. The van der Waals surface area contributed by atoms with Crippen LogP contribution in [0.2, 0.25) is 0 Å². The molecular formula is C20H29N3OS. The number of nitriles is 1. The van der Waals surface area contributed by atoms with Crippen LogP contribution in [-0.4, -0.2) is 30.4 Å². The first kappa shape index (κ1) is 18.4. The van der Waals surface area contributed by atoms with Crippen molar-refractivity contribution in [3.05, 3.63) is 16.0 Å². The van der Waals surface area contributed by atoms with E-state index < -0.39 is 0 Å². The number of hydrogen-bond acceptors (Lipinski definition) is 4. The highest BCUT2D eigenvalue weighted by Crippen LogP contribution is 2.39. The highest BCUT2D eigenvalue weighted by Gasteiger charge is 2.25. The number of thiophene rings is 1. The van der Waals surface area contributed by atoms with Gasteiger partial charge in [0.1, 0.15) is 11.1 Å². The first-order valence-electron chi connectivity index (χ1n) is 9.63. The molecular weight excluding hydrogens is 330 g/mol. The number of hydrogen-bond donors (Lipinski definition) is 1. The molecule has 0 bridgehead atoms. The highest BCUT2D eigenvalue weighted by molar-refractivity contribution is 7.16. The van der Waals surface area contributed by atoms with Crippen molar-refractivity contribution in [1.82, 2.24) is 4.90 Å². The second-order valence-corrected chi connectivity index (χ2v) is 8.88. The van der Waals surface area contributed by atoms with Gasteiger partial charge in [-0.2, -0.15) is 5.26 Å². The van der Waals surface area contributed by atoms with Crippen molar-refractivity contribution < 1.29 is 4.79 Å². The van der Waals surface area contributed by atoms with Crippen LogP contribution in [0, 0.1) is 17.2 Å². The number of fused-ring (bicyclic) bond motifs is 1. The Hall–Kier alpha value is -1.38. The van der Waals surface area contributed by atoms with Gasteiger partial charge in [-0.1, -0.05) is 32.6 Å². The van der Waals surface area contributed by atoms with Gasteiger partial charge in [-0.3, -0.25) is 9.69 Å². The molecule has 1 unspecified atom stereocenters. The van der Waals surface area contributed by atoms with Crippen molar-refractivity contribution in [3.8, 4) is 6.07 Å². The van der Waals surface area contributed by atoms with Crippen LogP contribution < -0.4 is 5.32 Å². The fourth-order valence-corrected chi connectivity index (χ4v) is 5.55. The Labute approximate surface area is 155 Å². The predicted octanol–water partition coefficient (Wildman–Crippen LogP) is 4.34. The van der Waals surface area contributed by atoms with Gasteiger partial charge in [-0.15, -0.1) is 11.3 Å². The van der Waals surface area contributed by atoms with E-state index in [-0.39, 0.29) is 5.91 Å². The summed E-state index contributed by atoms with van der Waals surface area (Å²) in [7, 11) is 2.06. The SMILES string of the molecule is CC1CCc2c(sc(NC(=O)CN(C)C3CCCCCC3)c2C#N)C1. The van der Waals surface area contributed by atoms with Gasteiger partial charge in [0.05, 0.1) is 12.1 Å². The van der Waals surface area contributed by atoms with Crippen molar-refractivity contribution >= 4 is 22.2 Å². The number of nitrogens with one attached hydrogen (secondary N) is 1. The molecule has 0 aromatic carbocycles. The van der Waals surface area contributed by atoms with E-state index in [9.17, 15) is 10.1 Å². The van der Waals surface area contributed by atoms with E-state index in [1.165, 1.54) is 49.0 Å². The van der Waals surface area contributed by atoms with Gasteiger partial charge in [0.2, 0.25) is 5.91 Å². The predicted molar refractivity (Wildman–Crippen MR) is 103 cm³/mol. The summed E-state index contributed by atoms with van der Waals surface area (Å²) in [5.74, 6) is 0.678. The Kier molecular flexibility index (Phi) is 6.14. The summed E-state index contributed by atoms with van der Waals surface area (Å²) in [4.78, 5) is 16.0. The van der Waals surface area contributed by atoms with E-state index >= 15 is 0 Å². The molecule has 1 aromatic rings. The summed E-state index contributed by atoms with van der Waals surface area (Å²) < 4.78 is 0. The van der Waals surface area contributed by atoms with Crippen LogP contribution in [0.4, 0.5) is 5.00 Å². The molecule has 3 rings (SSSR count). The fourth-order valence-electron chi connectivity index (χ4n) is 4.18. The van der Waals surface area contributed by atoms with Crippen LogP contribution in [0.25, 0.3) is 0 Å². The topological polar surface area (TPSA) is 56.1 Å². The van der Waals surface area contributed by atoms with E-state index in [1.54, 1.807) is 11.3 Å². The minimum absolute atomic E-state index is 0.00916. The quantitative estimate of drug-likeness (QED) is 0.814. The summed E-state index contributed by atoms with van der Waals surface area (Å²) in [5.41, 5.74) is 1.88. The molecule has 1 N–H and O–H groups in total.